The van der Waals surface area contributed by atoms with Gasteiger partial charge in [0.05, 0.1) is 13.2 Å². The molecule has 0 N–H and O–H groups in total. The summed E-state index contributed by atoms with van der Waals surface area (Å²) in [5, 5.41) is 0. The Kier molecular flexibility index (Phi) is 5.02. The van der Waals surface area contributed by atoms with E-state index in [4.69, 9.17) is 9.47 Å². The lowest BCUT2D eigenvalue weighted by atomic mass is 10.2. The molecule has 1 aliphatic rings. The molecule has 1 aliphatic carbocycles. The van der Waals surface area contributed by atoms with E-state index < -0.39 is 0 Å². The molecule has 0 heterocycles. The highest BCUT2D eigenvalue weighted by molar-refractivity contribution is 9.10. The predicted molar refractivity (Wildman–Crippen MR) is 78.0 cm³/mol. The van der Waals surface area contributed by atoms with Gasteiger partial charge in [0.25, 0.3) is 0 Å². The van der Waals surface area contributed by atoms with Crippen molar-refractivity contribution >= 4 is 28.0 Å². The van der Waals surface area contributed by atoms with Crippen molar-refractivity contribution in [2.45, 2.75) is 19.8 Å². The van der Waals surface area contributed by atoms with Crippen LogP contribution in [-0.4, -0.2) is 19.2 Å². The number of hydrogen-bond donors (Lipinski definition) is 0. The van der Waals surface area contributed by atoms with Crippen LogP contribution in [0.1, 0.15) is 25.3 Å². The number of ether oxygens (including phenoxy) is 2. The van der Waals surface area contributed by atoms with Crippen LogP contribution in [0.15, 0.2) is 28.7 Å². The van der Waals surface area contributed by atoms with Gasteiger partial charge in [0.1, 0.15) is 5.75 Å². The summed E-state index contributed by atoms with van der Waals surface area (Å²) in [6.45, 7) is 2.92. The molecule has 102 valence electrons. The minimum atomic E-state index is -0.337. The molecular formula is C15H17BrO3. The van der Waals surface area contributed by atoms with Gasteiger partial charge in [-0.25, -0.2) is 4.79 Å². The zero-order chi connectivity index (χ0) is 13.7. The second-order valence-electron chi connectivity index (χ2n) is 4.52. The van der Waals surface area contributed by atoms with Gasteiger partial charge in [-0.2, -0.15) is 0 Å². The van der Waals surface area contributed by atoms with E-state index in [1.54, 1.807) is 13.0 Å². The first-order valence-electron chi connectivity index (χ1n) is 6.46. The molecule has 2 rings (SSSR count). The fourth-order valence-electron chi connectivity index (χ4n) is 1.62. The molecule has 1 aromatic rings. The quantitative estimate of drug-likeness (QED) is 0.589. The first kappa shape index (κ1) is 14.1. The topological polar surface area (TPSA) is 35.5 Å². The monoisotopic (exact) mass is 324 g/mol. The fourth-order valence-corrected chi connectivity index (χ4v) is 2.00. The van der Waals surface area contributed by atoms with Crippen molar-refractivity contribution in [1.82, 2.24) is 0 Å². The molecule has 0 aromatic heterocycles. The molecule has 19 heavy (non-hydrogen) atoms. The van der Waals surface area contributed by atoms with Gasteiger partial charge in [0.2, 0.25) is 0 Å². The first-order valence-corrected chi connectivity index (χ1v) is 7.25. The van der Waals surface area contributed by atoms with Crippen LogP contribution in [0.5, 0.6) is 5.75 Å². The lowest BCUT2D eigenvalue weighted by Gasteiger charge is -2.09. The summed E-state index contributed by atoms with van der Waals surface area (Å²) in [4.78, 5) is 11.3. The zero-order valence-electron chi connectivity index (χ0n) is 10.9. The molecule has 0 unspecified atom stereocenters. The van der Waals surface area contributed by atoms with E-state index in [0.29, 0.717) is 12.5 Å². The van der Waals surface area contributed by atoms with E-state index in [9.17, 15) is 4.79 Å². The molecule has 0 saturated heterocycles. The van der Waals surface area contributed by atoms with Crippen LogP contribution in [0.3, 0.4) is 0 Å². The summed E-state index contributed by atoms with van der Waals surface area (Å²) >= 11 is 3.42. The van der Waals surface area contributed by atoms with Gasteiger partial charge in [-0.3, -0.25) is 0 Å². The zero-order valence-corrected chi connectivity index (χ0v) is 12.5. The van der Waals surface area contributed by atoms with Gasteiger partial charge in [-0.1, -0.05) is 15.9 Å². The third-order valence-corrected chi connectivity index (χ3v) is 3.32. The summed E-state index contributed by atoms with van der Waals surface area (Å²) < 4.78 is 11.6. The fraction of sp³-hybridized carbons (Fsp3) is 0.400. The largest absolute Gasteiger partial charge is 0.493 e. The highest BCUT2D eigenvalue weighted by Crippen LogP contribution is 2.31. The van der Waals surface area contributed by atoms with Crippen LogP contribution in [-0.2, 0) is 9.53 Å². The second-order valence-corrected chi connectivity index (χ2v) is 5.44. The number of halogens is 1. The maximum Gasteiger partial charge on any atom is 0.330 e. The first-order chi connectivity index (χ1) is 9.19. The number of hydrogen-bond acceptors (Lipinski definition) is 3. The minimum absolute atomic E-state index is 0.337. The highest BCUT2D eigenvalue weighted by Gasteiger charge is 2.22. The molecule has 0 amide bonds. The summed E-state index contributed by atoms with van der Waals surface area (Å²) in [7, 11) is 0. The van der Waals surface area contributed by atoms with E-state index in [0.717, 1.165) is 22.4 Å². The van der Waals surface area contributed by atoms with Crippen molar-refractivity contribution in [3.63, 3.8) is 0 Å². The van der Waals surface area contributed by atoms with Crippen LogP contribution >= 0.6 is 15.9 Å². The molecule has 3 nitrogen and oxygen atoms in total. The lowest BCUT2D eigenvalue weighted by Crippen LogP contribution is -2.01. The van der Waals surface area contributed by atoms with Gasteiger partial charge >= 0.3 is 5.97 Å². The van der Waals surface area contributed by atoms with Crippen LogP contribution in [0, 0.1) is 5.92 Å². The van der Waals surface area contributed by atoms with E-state index in [2.05, 4.69) is 15.9 Å². The standard InChI is InChI=1S/C15H17BrO3/c1-2-18-15(17)8-5-12-9-13(16)6-7-14(12)19-10-11-3-4-11/h5-9,11H,2-4,10H2,1H3/b8-5+. The predicted octanol–water partition coefficient (Wildman–Crippen LogP) is 3.81. The lowest BCUT2D eigenvalue weighted by molar-refractivity contribution is -0.137. The van der Waals surface area contributed by atoms with E-state index in [1.165, 1.54) is 18.9 Å². The van der Waals surface area contributed by atoms with Gasteiger partial charge < -0.3 is 9.47 Å². The summed E-state index contributed by atoms with van der Waals surface area (Å²) in [5.74, 6) is 1.16. The van der Waals surface area contributed by atoms with E-state index in [1.807, 2.05) is 18.2 Å². The maximum absolute atomic E-state index is 11.3. The van der Waals surface area contributed by atoms with Gasteiger partial charge in [-0.15, -0.1) is 0 Å². The van der Waals surface area contributed by atoms with Crippen molar-refractivity contribution < 1.29 is 14.3 Å². The number of carbonyl (C=O) groups excluding carboxylic acids is 1. The highest BCUT2D eigenvalue weighted by atomic mass is 79.9. The van der Waals surface area contributed by atoms with E-state index in [-0.39, 0.29) is 5.97 Å². The van der Waals surface area contributed by atoms with E-state index >= 15 is 0 Å². The SMILES string of the molecule is CCOC(=O)/C=C/c1cc(Br)ccc1OCC1CC1. The molecule has 1 aromatic carbocycles. The summed E-state index contributed by atoms with van der Waals surface area (Å²) in [5.41, 5.74) is 0.878. The van der Waals surface area contributed by atoms with Crippen LogP contribution in [0.2, 0.25) is 0 Å². The third kappa shape index (κ3) is 4.71. The maximum atomic E-state index is 11.3. The summed E-state index contributed by atoms with van der Waals surface area (Å²) in [6, 6.07) is 5.78. The summed E-state index contributed by atoms with van der Waals surface area (Å²) in [6.07, 6.45) is 5.66. The van der Waals surface area contributed by atoms with Crippen molar-refractivity contribution in [2.24, 2.45) is 5.92 Å². The van der Waals surface area contributed by atoms with Gasteiger partial charge in [0.15, 0.2) is 0 Å². The Balaban J connectivity index is 2.06. The molecule has 0 spiro atoms. The van der Waals surface area contributed by atoms with Crippen LogP contribution < -0.4 is 4.74 Å². The third-order valence-electron chi connectivity index (χ3n) is 2.83. The Labute approximate surface area is 121 Å². The number of carbonyl (C=O) groups is 1. The van der Waals surface area contributed by atoms with Crippen molar-refractivity contribution in [2.75, 3.05) is 13.2 Å². The Morgan fingerprint density at radius 3 is 2.95 bits per heavy atom. The number of benzene rings is 1. The molecule has 4 heteroatoms. The van der Waals surface area contributed by atoms with Crippen LogP contribution in [0.25, 0.3) is 6.08 Å². The molecule has 0 aliphatic heterocycles. The number of esters is 1. The average Bonchev–Trinajstić information content (AvgIpc) is 3.19. The Hall–Kier alpha value is -1.29. The van der Waals surface area contributed by atoms with Crippen molar-refractivity contribution in [3.8, 4) is 5.75 Å². The van der Waals surface area contributed by atoms with Gasteiger partial charge in [0, 0.05) is 16.1 Å². The molecule has 1 fully saturated rings. The normalized spacial score (nSPS) is 14.6. The molecule has 1 saturated carbocycles. The molecule has 0 bridgehead atoms. The Morgan fingerprint density at radius 1 is 1.47 bits per heavy atom. The smallest absolute Gasteiger partial charge is 0.330 e. The molecule has 0 atom stereocenters. The minimum Gasteiger partial charge on any atom is -0.493 e. The Morgan fingerprint density at radius 2 is 2.26 bits per heavy atom. The van der Waals surface area contributed by atoms with Crippen molar-refractivity contribution in [1.29, 1.82) is 0 Å². The Bertz CT molecular complexity index is 478. The number of rotatable bonds is 6. The second kappa shape index (κ2) is 6.75. The van der Waals surface area contributed by atoms with Crippen LogP contribution in [0.4, 0.5) is 0 Å². The molecule has 0 radical (unpaired) electrons. The average molecular weight is 325 g/mol. The molecular weight excluding hydrogens is 308 g/mol. The van der Waals surface area contributed by atoms with Gasteiger partial charge in [-0.05, 0) is 50.0 Å². The van der Waals surface area contributed by atoms with Crippen molar-refractivity contribution in [3.05, 3.63) is 34.3 Å².